The predicted octanol–water partition coefficient (Wildman–Crippen LogP) is 5.61. The first-order chi connectivity index (χ1) is 15.4. The molecule has 5 rings (SSSR count). The second-order valence-electron chi connectivity index (χ2n) is 8.43. The molecular formula is C27H23ClN2O2. The topological polar surface area (TPSA) is 40.6 Å². The number of nitrogens with zero attached hydrogens (tertiary/aromatic N) is 2. The number of imide groups is 1. The predicted molar refractivity (Wildman–Crippen MR) is 129 cm³/mol. The normalized spacial score (nSPS) is 15.8. The van der Waals surface area contributed by atoms with Crippen molar-refractivity contribution >= 4 is 40.4 Å². The maximum atomic E-state index is 13.9. The molecule has 3 aromatic carbocycles. The van der Waals surface area contributed by atoms with Crippen molar-refractivity contribution in [1.82, 2.24) is 0 Å². The maximum absolute atomic E-state index is 13.9. The molecule has 0 bridgehead atoms. The van der Waals surface area contributed by atoms with Crippen molar-refractivity contribution < 1.29 is 9.59 Å². The third-order valence-electron chi connectivity index (χ3n) is 6.42. The zero-order valence-corrected chi connectivity index (χ0v) is 19.0. The van der Waals surface area contributed by atoms with Crippen LogP contribution < -0.4 is 9.80 Å². The highest BCUT2D eigenvalue weighted by molar-refractivity contribution is 6.46. The van der Waals surface area contributed by atoms with Gasteiger partial charge in [0.2, 0.25) is 0 Å². The standard InChI is InChI=1S/C27H23ClN2O2/c1-16-8-10-20(14-18(16)3)24-25(29-13-12-19-6-4-5-7-22(19)29)27(32)30(26(24)31)23-15-21(28)11-9-17(23)2/h4-11,14-15H,12-13H2,1-3H3. The SMILES string of the molecule is Cc1ccc(C2=C(N3CCc4ccccc43)C(=O)N(c3cc(Cl)ccc3C)C2=O)cc1C. The lowest BCUT2D eigenvalue weighted by Crippen LogP contribution is -2.35. The molecule has 32 heavy (non-hydrogen) atoms. The minimum Gasteiger partial charge on any atom is -0.336 e. The smallest absolute Gasteiger partial charge is 0.282 e. The van der Waals surface area contributed by atoms with Gasteiger partial charge in [-0.25, -0.2) is 4.90 Å². The van der Waals surface area contributed by atoms with Crippen LogP contribution in [0.15, 0.2) is 66.4 Å². The molecule has 3 aromatic rings. The average molecular weight is 443 g/mol. The van der Waals surface area contributed by atoms with Crippen LogP contribution in [-0.4, -0.2) is 18.4 Å². The number of rotatable bonds is 3. The summed E-state index contributed by atoms with van der Waals surface area (Å²) in [5.74, 6) is -0.631. The van der Waals surface area contributed by atoms with Gasteiger partial charge in [0.05, 0.1) is 11.3 Å². The van der Waals surface area contributed by atoms with Gasteiger partial charge in [-0.05, 0) is 73.2 Å². The largest absolute Gasteiger partial charge is 0.336 e. The number of halogens is 1. The molecule has 5 heteroatoms. The highest BCUT2D eigenvalue weighted by Gasteiger charge is 2.44. The molecule has 0 N–H and O–H groups in total. The molecular weight excluding hydrogens is 420 g/mol. The lowest BCUT2D eigenvalue weighted by Gasteiger charge is -2.22. The summed E-state index contributed by atoms with van der Waals surface area (Å²) in [5.41, 5.74) is 7.35. The van der Waals surface area contributed by atoms with Gasteiger partial charge in [-0.2, -0.15) is 0 Å². The van der Waals surface area contributed by atoms with Crippen molar-refractivity contribution in [2.45, 2.75) is 27.2 Å². The minimum atomic E-state index is -0.317. The molecule has 0 aromatic heterocycles. The van der Waals surface area contributed by atoms with E-state index in [2.05, 4.69) is 6.07 Å². The van der Waals surface area contributed by atoms with E-state index in [0.29, 0.717) is 28.5 Å². The van der Waals surface area contributed by atoms with E-state index in [9.17, 15) is 9.59 Å². The van der Waals surface area contributed by atoms with Crippen molar-refractivity contribution in [3.63, 3.8) is 0 Å². The van der Waals surface area contributed by atoms with Gasteiger partial charge in [-0.3, -0.25) is 9.59 Å². The Labute approximate surface area is 192 Å². The second kappa shape index (κ2) is 7.64. The Morgan fingerprint density at radius 1 is 0.781 bits per heavy atom. The lowest BCUT2D eigenvalue weighted by atomic mass is 9.99. The highest BCUT2D eigenvalue weighted by atomic mass is 35.5. The number of benzene rings is 3. The fraction of sp³-hybridized carbons (Fsp3) is 0.185. The number of anilines is 2. The number of carbonyl (C=O) groups excluding carboxylic acids is 2. The first kappa shape index (κ1) is 20.5. The number of fused-ring (bicyclic) bond motifs is 1. The van der Waals surface area contributed by atoms with Crippen LogP contribution in [0.4, 0.5) is 11.4 Å². The Kier molecular flexibility index (Phi) is 4.90. The third-order valence-corrected chi connectivity index (χ3v) is 6.66. The van der Waals surface area contributed by atoms with Gasteiger partial charge in [-0.15, -0.1) is 0 Å². The summed E-state index contributed by atoms with van der Waals surface area (Å²) in [6.07, 6.45) is 0.831. The summed E-state index contributed by atoms with van der Waals surface area (Å²) >= 11 is 6.24. The van der Waals surface area contributed by atoms with Gasteiger partial charge >= 0.3 is 0 Å². The Balaban J connectivity index is 1.72. The molecule has 0 aliphatic carbocycles. The summed E-state index contributed by atoms with van der Waals surface area (Å²) in [4.78, 5) is 31.0. The van der Waals surface area contributed by atoms with Gasteiger partial charge in [0.25, 0.3) is 11.8 Å². The molecule has 0 saturated carbocycles. The fourth-order valence-electron chi connectivity index (χ4n) is 4.54. The van der Waals surface area contributed by atoms with Crippen molar-refractivity contribution in [3.8, 4) is 0 Å². The molecule has 0 atom stereocenters. The summed E-state index contributed by atoms with van der Waals surface area (Å²) < 4.78 is 0. The molecule has 0 saturated heterocycles. The molecule has 2 heterocycles. The van der Waals surface area contributed by atoms with Crippen molar-refractivity contribution in [1.29, 1.82) is 0 Å². The number of hydrogen-bond acceptors (Lipinski definition) is 3. The molecule has 2 amide bonds. The first-order valence-electron chi connectivity index (χ1n) is 10.7. The monoisotopic (exact) mass is 442 g/mol. The summed E-state index contributed by atoms with van der Waals surface area (Å²) in [7, 11) is 0. The van der Waals surface area contributed by atoms with Gasteiger partial charge in [-0.1, -0.05) is 54.1 Å². The third kappa shape index (κ3) is 3.14. The first-order valence-corrected chi connectivity index (χ1v) is 11.1. The Bertz CT molecular complexity index is 1320. The number of para-hydroxylation sites is 1. The van der Waals surface area contributed by atoms with E-state index in [1.165, 1.54) is 10.5 Å². The summed E-state index contributed by atoms with van der Waals surface area (Å²) in [6.45, 7) is 6.59. The fourth-order valence-corrected chi connectivity index (χ4v) is 4.70. The van der Waals surface area contributed by atoms with E-state index in [-0.39, 0.29) is 11.8 Å². The zero-order chi connectivity index (χ0) is 22.6. The number of amides is 2. The van der Waals surface area contributed by atoms with Crippen LogP contribution in [0, 0.1) is 20.8 Å². The molecule has 4 nitrogen and oxygen atoms in total. The van der Waals surface area contributed by atoms with E-state index in [4.69, 9.17) is 11.6 Å². The summed E-state index contributed by atoms with van der Waals surface area (Å²) in [6, 6.07) is 19.3. The van der Waals surface area contributed by atoms with Gasteiger partial charge in [0, 0.05) is 17.3 Å². The molecule has 0 spiro atoms. The summed E-state index contributed by atoms with van der Waals surface area (Å²) in [5, 5.41) is 0.485. The molecule has 160 valence electrons. The maximum Gasteiger partial charge on any atom is 0.282 e. The van der Waals surface area contributed by atoms with Crippen LogP contribution in [0.5, 0.6) is 0 Å². The van der Waals surface area contributed by atoms with Gasteiger partial charge in [0.15, 0.2) is 0 Å². The van der Waals surface area contributed by atoms with E-state index < -0.39 is 0 Å². The molecule has 0 radical (unpaired) electrons. The van der Waals surface area contributed by atoms with Crippen molar-refractivity contribution in [2.75, 3.05) is 16.3 Å². The number of carbonyl (C=O) groups is 2. The van der Waals surface area contributed by atoms with Crippen molar-refractivity contribution in [3.05, 3.63) is 99.2 Å². The lowest BCUT2D eigenvalue weighted by molar-refractivity contribution is -0.120. The Morgan fingerprint density at radius 3 is 2.31 bits per heavy atom. The van der Waals surface area contributed by atoms with Crippen LogP contribution in [0.3, 0.4) is 0 Å². The second-order valence-corrected chi connectivity index (χ2v) is 8.87. The van der Waals surface area contributed by atoms with Crippen LogP contribution in [0.25, 0.3) is 5.57 Å². The minimum absolute atomic E-state index is 0.315. The van der Waals surface area contributed by atoms with Gasteiger partial charge in [0.1, 0.15) is 5.70 Å². The van der Waals surface area contributed by atoms with Crippen LogP contribution in [0.1, 0.15) is 27.8 Å². The quantitative estimate of drug-likeness (QED) is 0.495. The van der Waals surface area contributed by atoms with E-state index in [1.54, 1.807) is 12.1 Å². The van der Waals surface area contributed by atoms with E-state index in [1.807, 2.05) is 68.1 Å². The van der Waals surface area contributed by atoms with Crippen LogP contribution >= 0.6 is 11.6 Å². The number of aryl methyl sites for hydroxylation is 3. The van der Waals surface area contributed by atoms with Crippen molar-refractivity contribution in [2.24, 2.45) is 0 Å². The molecule has 2 aliphatic rings. The van der Waals surface area contributed by atoms with Crippen LogP contribution in [-0.2, 0) is 16.0 Å². The Hall–Kier alpha value is -3.37. The van der Waals surface area contributed by atoms with Gasteiger partial charge < -0.3 is 4.90 Å². The van der Waals surface area contributed by atoms with E-state index >= 15 is 0 Å². The van der Waals surface area contributed by atoms with Crippen LogP contribution in [0.2, 0.25) is 5.02 Å². The number of hydrogen-bond donors (Lipinski definition) is 0. The molecule has 0 fully saturated rings. The average Bonchev–Trinajstić information content (AvgIpc) is 3.30. The van der Waals surface area contributed by atoms with E-state index in [0.717, 1.165) is 34.4 Å². The molecule has 0 unspecified atom stereocenters. The Morgan fingerprint density at radius 2 is 1.53 bits per heavy atom. The zero-order valence-electron chi connectivity index (χ0n) is 18.3. The highest BCUT2D eigenvalue weighted by Crippen LogP contribution is 2.41. The molecule has 2 aliphatic heterocycles.